The van der Waals surface area contributed by atoms with Crippen LogP contribution >= 0.6 is 0 Å². The lowest BCUT2D eigenvalue weighted by molar-refractivity contribution is -0.385. The molecule has 0 fully saturated rings. The van der Waals surface area contributed by atoms with Crippen molar-refractivity contribution < 1.29 is 23.2 Å². The van der Waals surface area contributed by atoms with Crippen molar-refractivity contribution in [3.05, 3.63) is 33.9 Å². The molecule has 0 heterocycles. The van der Waals surface area contributed by atoms with E-state index < -0.39 is 26.6 Å². The summed E-state index contributed by atoms with van der Waals surface area (Å²) in [5.41, 5.74) is -0.489. The standard InChI is InChI=1S/C11H15N3O6S/c1-21(19,20)13-6-2-5-12-8-3-4-9(11(15)16)10(7-8)14(17)18/h3-4,7,12-13H,2,5-6H2,1H3,(H,15,16). The second-order valence-corrected chi connectivity index (χ2v) is 6.07. The Kier molecular flexibility index (Phi) is 5.61. The van der Waals surface area contributed by atoms with Gasteiger partial charge >= 0.3 is 5.97 Å². The van der Waals surface area contributed by atoms with E-state index in [4.69, 9.17) is 5.11 Å². The number of nitrogens with one attached hydrogen (secondary N) is 2. The highest BCUT2D eigenvalue weighted by atomic mass is 32.2. The predicted molar refractivity (Wildman–Crippen MR) is 76.0 cm³/mol. The molecule has 0 atom stereocenters. The van der Waals surface area contributed by atoms with Crippen molar-refractivity contribution >= 4 is 27.4 Å². The maximum absolute atomic E-state index is 10.8. The first kappa shape index (κ1) is 16.9. The molecule has 0 aliphatic heterocycles. The largest absolute Gasteiger partial charge is 0.477 e. The van der Waals surface area contributed by atoms with Crippen LogP contribution < -0.4 is 10.0 Å². The molecular weight excluding hydrogens is 302 g/mol. The number of benzene rings is 1. The normalized spacial score (nSPS) is 11.1. The number of carboxylic acid groups (broad SMARTS) is 1. The van der Waals surface area contributed by atoms with Gasteiger partial charge in [-0.15, -0.1) is 0 Å². The monoisotopic (exact) mass is 317 g/mol. The zero-order chi connectivity index (χ0) is 16.0. The molecule has 0 aliphatic carbocycles. The van der Waals surface area contributed by atoms with E-state index in [2.05, 4.69) is 10.0 Å². The summed E-state index contributed by atoms with van der Waals surface area (Å²) in [6.07, 6.45) is 1.52. The Morgan fingerprint density at radius 2 is 2.05 bits per heavy atom. The molecule has 0 unspecified atom stereocenters. The maximum atomic E-state index is 10.8. The number of hydrogen-bond donors (Lipinski definition) is 3. The van der Waals surface area contributed by atoms with E-state index in [1.165, 1.54) is 6.07 Å². The fraction of sp³-hybridized carbons (Fsp3) is 0.364. The number of carboxylic acids is 1. The van der Waals surface area contributed by atoms with E-state index in [1.54, 1.807) is 0 Å². The predicted octanol–water partition coefficient (Wildman–Crippen LogP) is 0.644. The summed E-state index contributed by atoms with van der Waals surface area (Å²) in [5.74, 6) is -1.37. The molecule has 116 valence electrons. The van der Waals surface area contributed by atoms with Crippen molar-refractivity contribution in [1.29, 1.82) is 0 Å². The summed E-state index contributed by atoms with van der Waals surface area (Å²) in [6, 6.07) is 3.70. The van der Waals surface area contributed by atoms with Gasteiger partial charge in [0.2, 0.25) is 10.0 Å². The van der Waals surface area contributed by atoms with Crippen LogP contribution in [-0.4, -0.2) is 43.8 Å². The summed E-state index contributed by atoms with van der Waals surface area (Å²) in [4.78, 5) is 20.9. The van der Waals surface area contributed by atoms with Crippen molar-refractivity contribution in [2.45, 2.75) is 6.42 Å². The Hall–Kier alpha value is -2.20. The summed E-state index contributed by atoms with van der Waals surface area (Å²) >= 11 is 0. The van der Waals surface area contributed by atoms with Crippen LogP contribution in [0.3, 0.4) is 0 Å². The van der Waals surface area contributed by atoms with Crippen LogP contribution in [0.15, 0.2) is 18.2 Å². The Morgan fingerprint density at radius 1 is 1.38 bits per heavy atom. The highest BCUT2D eigenvalue weighted by Crippen LogP contribution is 2.23. The third-order valence-electron chi connectivity index (χ3n) is 2.47. The summed E-state index contributed by atoms with van der Waals surface area (Å²) in [5, 5.41) is 22.5. The van der Waals surface area contributed by atoms with Crippen LogP contribution in [0.25, 0.3) is 0 Å². The van der Waals surface area contributed by atoms with Gasteiger partial charge in [-0.25, -0.2) is 17.9 Å². The van der Waals surface area contributed by atoms with Gasteiger partial charge in [0.25, 0.3) is 5.69 Å². The first-order chi connectivity index (χ1) is 9.70. The number of anilines is 1. The molecule has 9 nitrogen and oxygen atoms in total. The minimum absolute atomic E-state index is 0.237. The fourth-order valence-electron chi connectivity index (χ4n) is 1.55. The number of rotatable bonds is 8. The average Bonchev–Trinajstić information content (AvgIpc) is 2.36. The number of aromatic carboxylic acids is 1. The van der Waals surface area contributed by atoms with Crippen LogP contribution in [0.1, 0.15) is 16.8 Å². The molecule has 0 aliphatic rings. The van der Waals surface area contributed by atoms with E-state index >= 15 is 0 Å². The Balaban J connectivity index is 2.63. The van der Waals surface area contributed by atoms with Gasteiger partial charge in [0.1, 0.15) is 5.56 Å². The van der Waals surface area contributed by atoms with E-state index in [1.807, 2.05) is 0 Å². The molecule has 0 aromatic heterocycles. The molecule has 10 heteroatoms. The Bertz CT molecular complexity index is 643. The minimum Gasteiger partial charge on any atom is -0.477 e. The molecule has 0 bridgehead atoms. The molecule has 3 N–H and O–H groups in total. The number of nitrogens with zero attached hydrogens (tertiary/aromatic N) is 1. The lowest BCUT2D eigenvalue weighted by Crippen LogP contribution is -2.24. The van der Waals surface area contributed by atoms with E-state index in [9.17, 15) is 23.3 Å². The number of nitro groups is 1. The lowest BCUT2D eigenvalue weighted by Gasteiger charge is -2.07. The molecule has 0 amide bonds. The number of sulfonamides is 1. The van der Waals surface area contributed by atoms with E-state index in [0.717, 1.165) is 18.4 Å². The SMILES string of the molecule is CS(=O)(=O)NCCCNc1ccc(C(=O)O)c([N+](=O)[O-])c1. The number of nitro benzene ring substituents is 1. The first-order valence-electron chi connectivity index (χ1n) is 5.91. The minimum atomic E-state index is -3.23. The van der Waals surface area contributed by atoms with Crippen molar-refractivity contribution in [2.75, 3.05) is 24.7 Å². The van der Waals surface area contributed by atoms with Gasteiger partial charge < -0.3 is 10.4 Å². The van der Waals surface area contributed by atoms with Crippen molar-refractivity contribution in [2.24, 2.45) is 0 Å². The van der Waals surface area contributed by atoms with Crippen LogP contribution in [0, 0.1) is 10.1 Å². The van der Waals surface area contributed by atoms with Crippen LogP contribution in [0.4, 0.5) is 11.4 Å². The average molecular weight is 317 g/mol. The molecular formula is C11H15N3O6S. The third kappa shape index (κ3) is 5.75. The van der Waals surface area contributed by atoms with Crippen molar-refractivity contribution in [3.8, 4) is 0 Å². The van der Waals surface area contributed by atoms with Gasteiger partial charge in [-0.05, 0) is 18.6 Å². The van der Waals surface area contributed by atoms with Gasteiger partial charge in [0, 0.05) is 24.8 Å². The molecule has 0 radical (unpaired) electrons. The molecule has 21 heavy (non-hydrogen) atoms. The summed E-state index contributed by atoms with van der Waals surface area (Å²) in [6.45, 7) is 0.618. The molecule has 1 aromatic rings. The molecule has 0 spiro atoms. The van der Waals surface area contributed by atoms with Crippen molar-refractivity contribution in [1.82, 2.24) is 4.72 Å². The van der Waals surface area contributed by atoms with Gasteiger partial charge in [-0.3, -0.25) is 10.1 Å². The topological polar surface area (TPSA) is 139 Å². The van der Waals surface area contributed by atoms with Crippen molar-refractivity contribution in [3.63, 3.8) is 0 Å². The van der Waals surface area contributed by atoms with E-state index in [-0.39, 0.29) is 12.1 Å². The van der Waals surface area contributed by atoms with E-state index in [0.29, 0.717) is 18.7 Å². The highest BCUT2D eigenvalue weighted by Gasteiger charge is 2.19. The van der Waals surface area contributed by atoms with Crippen LogP contribution in [0.5, 0.6) is 0 Å². The smallest absolute Gasteiger partial charge is 0.342 e. The quantitative estimate of drug-likeness (QED) is 0.363. The van der Waals surface area contributed by atoms with Crippen LogP contribution in [0.2, 0.25) is 0 Å². The molecule has 0 saturated carbocycles. The number of carbonyl (C=O) groups is 1. The van der Waals surface area contributed by atoms with Gasteiger partial charge in [0.05, 0.1) is 11.2 Å². The second-order valence-electron chi connectivity index (χ2n) is 4.24. The number of hydrogen-bond acceptors (Lipinski definition) is 6. The first-order valence-corrected chi connectivity index (χ1v) is 7.80. The fourth-order valence-corrected chi connectivity index (χ4v) is 2.07. The molecule has 0 saturated heterocycles. The van der Waals surface area contributed by atoms with Crippen LogP contribution in [-0.2, 0) is 10.0 Å². The third-order valence-corrected chi connectivity index (χ3v) is 3.20. The Labute approximate surface area is 121 Å². The zero-order valence-electron chi connectivity index (χ0n) is 11.2. The molecule has 1 aromatic carbocycles. The zero-order valence-corrected chi connectivity index (χ0v) is 12.0. The summed E-state index contributed by atoms with van der Waals surface area (Å²) < 4.78 is 24.0. The second kappa shape index (κ2) is 6.99. The highest BCUT2D eigenvalue weighted by molar-refractivity contribution is 7.88. The maximum Gasteiger partial charge on any atom is 0.342 e. The van der Waals surface area contributed by atoms with Gasteiger partial charge in [-0.2, -0.15) is 0 Å². The Morgan fingerprint density at radius 3 is 2.57 bits per heavy atom. The lowest BCUT2D eigenvalue weighted by atomic mass is 10.1. The molecule has 1 rings (SSSR count). The van der Waals surface area contributed by atoms with Gasteiger partial charge in [0.15, 0.2) is 0 Å². The summed E-state index contributed by atoms with van der Waals surface area (Å²) in [7, 11) is -3.23. The van der Waals surface area contributed by atoms with Gasteiger partial charge in [-0.1, -0.05) is 0 Å².